The molecule has 9 heteroatoms. The van der Waals surface area contributed by atoms with E-state index in [9.17, 15) is 9.59 Å². The molecule has 0 radical (unpaired) electrons. The number of benzene rings is 3. The van der Waals surface area contributed by atoms with Gasteiger partial charge in [-0.1, -0.05) is 91.0 Å². The Labute approximate surface area is 253 Å². The van der Waals surface area contributed by atoms with E-state index in [-0.39, 0.29) is 25.0 Å². The van der Waals surface area contributed by atoms with Crippen LogP contribution in [-0.2, 0) is 53.1 Å². The van der Waals surface area contributed by atoms with Crippen LogP contribution in [0.3, 0.4) is 0 Å². The van der Waals surface area contributed by atoms with Gasteiger partial charge in [-0.15, -0.1) is 0 Å². The molecule has 2 amide bonds. The van der Waals surface area contributed by atoms with E-state index in [0.29, 0.717) is 26.2 Å². The van der Waals surface area contributed by atoms with Crippen molar-refractivity contribution in [1.82, 2.24) is 10.2 Å². The number of hydrogen-bond acceptors (Lipinski definition) is 7. The lowest BCUT2D eigenvalue weighted by molar-refractivity contribution is -0.204. The minimum absolute atomic E-state index is 0.180. The Hall–Kier alpha value is -3.60. The van der Waals surface area contributed by atoms with Gasteiger partial charge in [0.25, 0.3) is 0 Å². The second-order valence-corrected chi connectivity index (χ2v) is 10.9. The Kier molecular flexibility index (Phi) is 10.9. The van der Waals surface area contributed by atoms with Crippen LogP contribution in [0.4, 0.5) is 0 Å². The highest BCUT2D eigenvalue weighted by Crippen LogP contribution is 2.33. The molecular formula is C34H40N2O7. The van der Waals surface area contributed by atoms with Gasteiger partial charge in [-0.2, -0.15) is 0 Å². The Morgan fingerprint density at radius 1 is 0.814 bits per heavy atom. The maximum absolute atomic E-state index is 12.5. The van der Waals surface area contributed by atoms with E-state index < -0.39 is 36.7 Å². The highest BCUT2D eigenvalue weighted by molar-refractivity contribution is 5.87. The lowest BCUT2D eigenvalue weighted by atomic mass is 10.1. The highest BCUT2D eigenvalue weighted by atomic mass is 16.7. The van der Waals surface area contributed by atoms with Gasteiger partial charge in [0.2, 0.25) is 11.8 Å². The van der Waals surface area contributed by atoms with Crippen LogP contribution in [0.25, 0.3) is 0 Å². The van der Waals surface area contributed by atoms with Crippen LogP contribution in [-0.4, -0.2) is 73.7 Å². The smallest absolute Gasteiger partial charge is 0.242 e. The zero-order valence-electron chi connectivity index (χ0n) is 24.7. The topological polar surface area (TPSA) is 95.6 Å². The van der Waals surface area contributed by atoms with Crippen molar-refractivity contribution < 1.29 is 33.3 Å². The molecule has 9 nitrogen and oxygen atoms in total. The number of amides is 2. The van der Waals surface area contributed by atoms with Gasteiger partial charge in [0.1, 0.15) is 24.4 Å². The molecule has 2 aliphatic rings. The largest absolute Gasteiger partial charge is 0.374 e. The Bertz CT molecular complexity index is 1290. The number of nitrogens with zero attached hydrogens (tertiary/aromatic N) is 1. The summed E-state index contributed by atoms with van der Waals surface area (Å²) in [6.45, 7) is 3.14. The van der Waals surface area contributed by atoms with Gasteiger partial charge in [-0.05, 0) is 16.7 Å². The summed E-state index contributed by atoms with van der Waals surface area (Å²) in [6.07, 6.45) is -2.41. The highest BCUT2D eigenvalue weighted by Gasteiger charge is 2.49. The molecule has 0 aliphatic carbocycles. The average molecular weight is 589 g/mol. The minimum Gasteiger partial charge on any atom is -0.374 e. The van der Waals surface area contributed by atoms with E-state index in [0.717, 1.165) is 16.7 Å². The predicted octanol–water partition coefficient (Wildman–Crippen LogP) is 3.85. The van der Waals surface area contributed by atoms with Gasteiger partial charge >= 0.3 is 0 Å². The van der Waals surface area contributed by atoms with E-state index in [1.54, 1.807) is 11.9 Å². The van der Waals surface area contributed by atoms with Crippen molar-refractivity contribution in [1.29, 1.82) is 0 Å². The van der Waals surface area contributed by atoms with Gasteiger partial charge in [0, 0.05) is 26.9 Å². The molecule has 43 heavy (non-hydrogen) atoms. The Morgan fingerprint density at radius 2 is 1.35 bits per heavy atom. The third kappa shape index (κ3) is 8.28. The third-order valence-electron chi connectivity index (χ3n) is 7.77. The van der Waals surface area contributed by atoms with Gasteiger partial charge in [0.05, 0.1) is 32.5 Å². The van der Waals surface area contributed by atoms with Gasteiger partial charge in [0.15, 0.2) is 6.29 Å². The molecule has 1 N–H and O–H groups in total. The average Bonchev–Trinajstić information content (AvgIpc) is 3.61. The van der Waals surface area contributed by atoms with Crippen molar-refractivity contribution in [2.45, 2.75) is 69.9 Å². The fourth-order valence-electron chi connectivity index (χ4n) is 5.56. The molecule has 5 rings (SSSR count). The van der Waals surface area contributed by atoms with Crippen LogP contribution in [0, 0.1) is 0 Å². The van der Waals surface area contributed by atoms with Gasteiger partial charge in [-0.25, -0.2) is 0 Å². The number of hydrogen-bond donors (Lipinski definition) is 1. The standard InChI is InChI=1S/C34H40N2O7/c1-24(37)36-19-28(18-29(36)33(38)35-2)42-34-32(41-22-27-16-10-5-11-17-27)31(40-21-26-14-8-4-9-15-26)30(43-34)23-39-20-25-12-6-3-7-13-25/h3-17,28-32,34H,18-23H2,1-2H3,(H,35,38)/t28-,29+,30+,31+,32-,34+/m1/s1. The number of likely N-dealkylation sites (N-methyl/N-ethyl adjacent to an activating group) is 1. The summed E-state index contributed by atoms with van der Waals surface area (Å²) in [5.74, 6) is -0.401. The molecule has 3 aromatic rings. The second kappa shape index (κ2) is 15.2. The quantitative estimate of drug-likeness (QED) is 0.324. The van der Waals surface area contributed by atoms with Gasteiger partial charge in [-0.3, -0.25) is 9.59 Å². The molecule has 0 aromatic heterocycles. The van der Waals surface area contributed by atoms with Crippen LogP contribution in [0.1, 0.15) is 30.0 Å². The van der Waals surface area contributed by atoms with Crippen molar-refractivity contribution in [2.24, 2.45) is 0 Å². The summed E-state index contributed by atoms with van der Waals surface area (Å²) in [4.78, 5) is 26.4. The lowest BCUT2D eigenvalue weighted by Crippen LogP contribution is -2.44. The van der Waals surface area contributed by atoms with Crippen LogP contribution < -0.4 is 5.32 Å². The summed E-state index contributed by atoms with van der Waals surface area (Å²) < 4.78 is 32.1. The summed E-state index contributed by atoms with van der Waals surface area (Å²) in [7, 11) is 1.57. The number of ether oxygens (including phenoxy) is 5. The first-order chi connectivity index (χ1) is 21.0. The summed E-state index contributed by atoms with van der Waals surface area (Å²) in [5.41, 5.74) is 3.09. The van der Waals surface area contributed by atoms with Crippen molar-refractivity contribution in [3.05, 3.63) is 108 Å². The fourth-order valence-corrected chi connectivity index (χ4v) is 5.56. The maximum Gasteiger partial charge on any atom is 0.242 e. The van der Waals surface area contributed by atoms with Gasteiger partial charge < -0.3 is 33.9 Å². The van der Waals surface area contributed by atoms with Crippen molar-refractivity contribution in [3.63, 3.8) is 0 Å². The van der Waals surface area contributed by atoms with E-state index in [4.69, 9.17) is 23.7 Å². The zero-order valence-corrected chi connectivity index (χ0v) is 24.7. The Morgan fingerprint density at radius 3 is 1.88 bits per heavy atom. The normalized spacial score (nSPS) is 25.1. The molecule has 0 saturated carbocycles. The third-order valence-corrected chi connectivity index (χ3v) is 7.77. The number of rotatable bonds is 13. The summed E-state index contributed by atoms with van der Waals surface area (Å²) in [5, 5.41) is 2.66. The first-order valence-corrected chi connectivity index (χ1v) is 14.7. The minimum atomic E-state index is -0.794. The summed E-state index contributed by atoms with van der Waals surface area (Å²) in [6, 6.07) is 29.2. The van der Waals surface area contributed by atoms with Crippen LogP contribution in [0.15, 0.2) is 91.0 Å². The monoisotopic (exact) mass is 588 g/mol. The SMILES string of the molecule is CNC(=O)[C@@H]1C[C@@H](O[C@H]2O[C@@H](COCc3ccccc3)[C@H](OCc3ccccc3)[C@H]2OCc2ccccc2)CN1C(C)=O. The van der Waals surface area contributed by atoms with E-state index in [1.165, 1.54) is 6.92 Å². The molecule has 2 saturated heterocycles. The molecule has 2 heterocycles. The fraction of sp³-hybridized carbons (Fsp3) is 0.412. The van der Waals surface area contributed by atoms with Crippen LogP contribution in [0.2, 0.25) is 0 Å². The predicted molar refractivity (Wildman–Crippen MR) is 160 cm³/mol. The molecular weight excluding hydrogens is 548 g/mol. The molecule has 3 aromatic carbocycles. The second-order valence-electron chi connectivity index (χ2n) is 10.9. The van der Waals surface area contributed by atoms with Crippen LogP contribution in [0.5, 0.6) is 0 Å². The molecule has 2 fully saturated rings. The molecule has 228 valence electrons. The Balaban J connectivity index is 1.34. The van der Waals surface area contributed by atoms with Crippen LogP contribution >= 0.6 is 0 Å². The van der Waals surface area contributed by atoms with Crippen molar-refractivity contribution in [2.75, 3.05) is 20.2 Å². The van der Waals surface area contributed by atoms with E-state index >= 15 is 0 Å². The molecule has 0 bridgehead atoms. The molecule has 2 aliphatic heterocycles. The number of carbonyl (C=O) groups is 2. The van der Waals surface area contributed by atoms with E-state index in [1.807, 2.05) is 91.0 Å². The first kappa shape index (κ1) is 30.8. The molecule has 0 spiro atoms. The maximum atomic E-state index is 12.5. The number of nitrogens with one attached hydrogen (secondary N) is 1. The van der Waals surface area contributed by atoms with Crippen molar-refractivity contribution >= 4 is 11.8 Å². The zero-order chi connectivity index (χ0) is 30.0. The van der Waals surface area contributed by atoms with Crippen molar-refractivity contribution in [3.8, 4) is 0 Å². The summed E-state index contributed by atoms with van der Waals surface area (Å²) >= 11 is 0. The molecule has 0 unspecified atom stereocenters. The number of likely N-dealkylation sites (tertiary alicyclic amines) is 1. The lowest BCUT2D eigenvalue weighted by Gasteiger charge is -2.26. The first-order valence-electron chi connectivity index (χ1n) is 14.7. The molecule has 6 atom stereocenters. The van der Waals surface area contributed by atoms with E-state index in [2.05, 4.69) is 5.32 Å². The number of carbonyl (C=O) groups excluding carboxylic acids is 2.